The third kappa shape index (κ3) is 2.43. The highest BCUT2D eigenvalue weighted by atomic mass is 16.3. The molecule has 0 saturated heterocycles. The van der Waals surface area contributed by atoms with Gasteiger partial charge in [-0.3, -0.25) is 0 Å². The summed E-state index contributed by atoms with van der Waals surface area (Å²) in [7, 11) is 0. The van der Waals surface area contributed by atoms with Gasteiger partial charge in [0.05, 0.1) is 11.7 Å². The summed E-state index contributed by atoms with van der Waals surface area (Å²) in [6.07, 6.45) is 9.32. The van der Waals surface area contributed by atoms with Gasteiger partial charge in [0.15, 0.2) is 0 Å². The van der Waals surface area contributed by atoms with E-state index in [0.717, 1.165) is 44.4 Å². The summed E-state index contributed by atoms with van der Waals surface area (Å²) in [5, 5.41) is 20.8. The third-order valence-corrected chi connectivity index (χ3v) is 4.87. The van der Waals surface area contributed by atoms with Crippen LogP contribution < -0.4 is 0 Å². The molecule has 0 bridgehead atoms. The number of aliphatic hydroxyl groups excluding tert-OH is 1. The van der Waals surface area contributed by atoms with Crippen molar-refractivity contribution in [2.75, 3.05) is 0 Å². The van der Waals surface area contributed by atoms with E-state index in [1.807, 2.05) is 0 Å². The SMILES string of the molecule is CCC1CCCC(C(O)C2(O)CCCC2)C1. The molecule has 0 amide bonds. The summed E-state index contributed by atoms with van der Waals surface area (Å²) in [6.45, 7) is 2.24. The topological polar surface area (TPSA) is 40.5 Å². The molecule has 2 N–H and O–H groups in total. The second-order valence-electron chi connectivity index (χ2n) is 5.96. The Hall–Kier alpha value is -0.0800. The Morgan fingerprint density at radius 3 is 2.50 bits per heavy atom. The fraction of sp³-hybridized carbons (Fsp3) is 1.00. The Bertz CT molecular complexity index is 221. The van der Waals surface area contributed by atoms with Gasteiger partial charge < -0.3 is 10.2 Å². The van der Waals surface area contributed by atoms with E-state index in [1.54, 1.807) is 0 Å². The van der Waals surface area contributed by atoms with E-state index in [9.17, 15) is 10.2 Å². The molecule has 0 radical (unpaired) electrons. The van der Waals surface area contributed by atoms with Gasteiger partial charge in [-0.1, -0.05) is 39.0 Å². The van der Waals surface area contributed by atoms with Gasteiger partial charge in [0.25, 0.3) is 0 Å². The van der Waals surface area contributed by atoms with Crippen LogP contribution in [0.5, 0.6) is 0 Å². The normalized spacial score (nSPS) is 36.2. The maximum absolute atomic E-state index is 10.4. The van der Waals surface area contributed by atoms with E-state index < -0.39 is 11.7 Å². The average Bonchev–Trinajstić information content (AvgIpc) is 2.76. The molecule has 0 aromatic rings. The second kappa shape index (κ2) is 5.05. The van der Waals surface area contributed by atoms with Crippen LogP contribution in [0.15, 0.2) is 0 Å². The third-order valence-electron chi connectivity index (χ3n) is 4.87. The average molecular weight is 226 g/mol. The maximum atomic E-state index is 10.4. The first kappa shape index (κ1) is 12.4. The number of rotatable bonds is 3. The fourth-order valence-corrected chi connectivity index (χ4v) is 3.71. The van der Waals surface area contributed by atoms with Crippen LogP contribution in [0, 0.1) is 11.8 Å². The van der Waals surface area contributed by atoms with Crippen LogP contribution >= 0.6 is 0 Å². The minimum Gasteiger partial charge on any atom is -0.390 e. The molecule has 2 heteroatoms. The molecule has 2 saturated carbocycles. The molecule has 3 atom stereocenters. The Balaban J connectivity index is 1.95. The first-order valence-corrected chi connectivity index (χ1v) is 7.06. The van der Waals surface area contributed by atoms with Gasteiger partial charge >= 0.3 is 0 Å². The van der Waals surface area contributed by atoms with Crippen molar-refractivity contribution < 1.29 is 10.2 Å². The van der Waals surface area contributed by atoms with Gasteiger partial charge in [-0.15, -0.1) is 0 Å². The second-order valence-corrected chi connectivity index (χ2v) is 5.96. The summed E-state index contributed by atoms with van der Waals surface area (Å²) in [4.78, 5) is 0. The predicted octanol–water partition coefficient (Wildman–Crippen LogP) is 2.87. The van der Waals surface area contributed by atoms with Gasteiger partial charge in [-0.05, 0) is 37.5 Å². The molecular weight excluding hydrogens is 200 g/mol. The number of aliphatic hydroxyl groups is 2. The monoisotopic (exact) mass is 226 g/mol. The predicted molar refractivity (Wildman–Crippen MR) is 65.2 cm³/mol. The van der Waals surface area contributed by atoms with Crippen molar-refractivity contribution in [3.05, 3.63) is 0 Å². The molecule has 0 aliphatic heterocycles. The molecule has 0 spiro atoms. The van der Waals surface area contributed by atoms with E-state index >= 15 is 0 Å². The van der Waals surface area contributed by atoms with E-state index in [1.165, 1.54) is 19.3 Å². The summed E-state index contributed by atoms with van der Waals surface area (Å²) in [6, 6.07) is 0. The zero-order valence-corrected chi connectivity index (χ0v) is 10.5. The minimum atomic E-state index is -0.750. The lowest BCUT2D eigenvalue weighted by molar-refractivity contribution is -0.105. The van der Waals surface area contributed by atoms with Crippen LogP contribution in [-0.2, 0) is 0 Å². The molecule has 2 fully saturated rings. The summed E-state index contributed by atoms with van der Waals surface area (Å²) in [5.74, 6) is 1.13. The van der Waals surface area contributed by atoms with Crippen LogP contribution in [0.1, 0.15) is 64.7 Å². The molecule has 2 aliphatic carbocycles. The molecule has 0 aromatic carbocycles. The molecule has 0 aromatic heterocycles. The van der Waals surface area contributed by atoms with Crippen LogP contribution in [0.25, 0.3) is 0 Å². The maximum Gasteiger partial charge on any atom is 0.0908 e. The molecule has 94 valence electrons. The standard InChI is InChI=1S/C14H26O2/c1-2-11-6-5-7-12(10-11)13(15)14(16)8-3-4-9-14/h11-13,15-16H,2-10H2,1H3. The Labute approximate surface area is 99.1 Å². The first-order valence-electron chi connectivity index (χ1n) is 7.06. The zero-order valence-electron chi connectivity index (χ0n) is 10.5. The molecule has 2 rings (SSSR count). The lowest BCUT2D eigenvalue weighted by Gasteiger charge is -2.38. The molecular formula is C14H26O2. The van der Waals surface area contributed by atoms with Crippen molar-refractivity contribution in [2.45, 2.75) is 76.4 Å². The van der Waals surface area contributed by atoms with Crippen LogP contribution in [0.4, 0.5) is 0 Å². The lowest BCUT2D eigenvalue weighted by Crippen LogP contribution is -2.45. The summed E-state index contributed by atoms with van der Waals surface area (Å²) in [5.41, 5.74) is -0.750. The van der Waals surface area contributed by atoms with Crippen molar-refractivity contribution in [2.24, 2.45) is 11.8 Å². The van der Waals surface area contributed by atoms with Crippen molar-refractivity contribution in [1.82, 2.24) is 0 Å². The van der Waals surface area contributed by atoms with Crippen molar-refractivity contribution >= 4 is 0 Å². The van der Waals surface area contributed by atoms with Gasteiger partial charge in [0, 0.05) is 0 Å². The van der Waals surface area contributed by atoms with E-state index in [2.05, 4.69) is 6.92 Å². The Morgan fingerprint density at radius 1 is 1.19 bits per heavy atom. The minimum absolute atomic E-state index is 0.349. The zero-order chi connectivity index (χ0) is 11.6. The molecule has 2 nitrogen and oxygen atoms in total. The van der Waals surface area contributed by atoms with Gasteiger partial charge in [-0.25, -0.2) is 0 Å². The Morgan fingerprint density at radius 2 is 1.88 bits per heavy atom. The lowest BCUT2D eigenvalue weighted by atomic mass is 9.73. The Kier molecular flexibility index (Phi) is 3.91. The fourth-order valence-electron chi connectivity index (χ4n) is 3.71. The highest BCUT2D eigenvalue weighted by Crippen LogP contribution is 2.41. The quantitative estimate of drug-likeness (QED) is 0.777. The summed E-state index contributed by atoms with van der Waals surface area (Å²) >= 11 is 0. The molecule has 16 heavy (non-hydrogen) atoms. The van der Waals surface area contributed by atoms with Crippen LogP contribution in [-0.4, -0.2) is 21.9 Å². The van der Waals surface area contributed by atoms with Crippen LogP contribution in [0.3, 0.4) is 0 Å². The number of hydrogen-bond donors (Lipinski definition) is 2. The van der Waals surface area contributed by atoms with E-state index in [4.69, 9.17) is 0 Å². The van der Waals surface area contributed by atoms with Gasteiger partial charge in [0.1, 0.15) is 0 Å². The van der Waals surface area contributed by atoms with E-state index in [0.29, 0.717) is 5.92 Å². The molecule has 2 aliphatic rings. The van der Waals surface area contributed by atoms with Crippen molar-refractivity contribution in [3.8, 4) is 0 Å². The molecule has 0 heterocycles. The molecule has 3 unspecified atom stereocenters. The summed E-state index contributed by atoms with van der Waals surface area (Å²) < 4.78 is 0. The van der Waals surface area contributed by atoms with Gasteiger partial charge in [0.2, 0.25) is 0 Å². The highest BCUT2D eigenvalue weighted by molar-refractivity contribution is 4.95. The smallest absolute Gasteiger partial charge is 0.0908 e. The largest absolute Gasteiger partial charge is 0.390 e. The van der Waals surface area contributed by atoms with Gasteiger partial charge in [-0.2, -0.15) is 0 Å². The first-order chi connectivity index (χ1) is 7.65. The van der Waals surface area contributed by atoms with Crippen molar-refractivity contribution in [1.29, 1.82) is 0 Å². The van der Waals surface area contributed by atoms with Crippen molar-refractivity contribution in [3.63, 3.8) is 0 Å². The van der Waals surface area contributed by atoms with E-state index in [-0.39, 0.29) is 0 Å². The number of hydrogen-bond acceptors (Lipinski definition) is 2. The van der Waals surface area contributed by atoms with Crippen LogP contribution in [0.2, 0.25) is 0 Å². The highest BCUT2D eigenvalue weighted by Gasteiger charge is 2.43.